The zero-order valence-electron chi connectivity index (χ0n) is 12.5. The van der Waals surface area contributed by atoms with Gasteiger partial charge in [0.05, 0.1) is 24.5 Å². The molecule has 0 spiro atoms. The van der Waals surface area contributed by atoms with E-state index < -0.39 is 0 Å². The SMILES string of the molecule is Cc1nc2n(c1CO)CCN(C(=O)OCc1ccccc1)C2. The first kappa shape index (κ1) is 14.6. The Morgan fingerprint density at radius 3 is 2.82 bits per heavy atom. The van der Waals surface area contributed by atoms with Gasteiger partial charge in [0.15, 0.2) is 0 Å². The molecule has 6 heteroatoms. The summed E-state index contributed by atoms with van der Waals surface area (Å²) in [7, 11) is 0. The van der Waals surface area contributed by atoms with Crippen molar-refractivity contribution in [2.45, 2.75) is 33.2 Å². The van der Waals surface area contributed by atoms with Crippen LogP contribution >= 0.6 is 0 Å². The van der Waals surface area contributed by atoms with Crippen molar-refractivity contribution in [2.75, 3.05) is 6.54 Å². The molecule has 0 radical (unpaired) electrons. The molecule has 2 heterocycles. The molecule has 0 unspecified atom stereocenters. The average Bonchev–Trinajstić information content (AvgIpc) is 2.87. The first-order chi connectivity index (χ1) is 10.7. The van der Waals surface area contributed by atoms with Gasteiger partial charge in [-0.05, 0) is 12.5 Å². The van der Waals surface area contributed by atoms with Gasteiger partial charge in [0.2, 0.25) is 0 Å². The first-order valence-corrected chi connectivity index (χ1v) is 7.30. The van der Waals surface area contributed by atoms with Gasteiger partial charge in [-0.25, -0.2) is 9.78 Å². The monoisotopic (exact) mass is 301 g/mol. The summed E-state index contributed by atoms with van der Waals surface area (Å²) in [5.74, 6) is 0.796. The second kappa shape index (κ2) is 6.19. The number of amides is 1. The van der Waals surface area contributed by atoms with Crippen LogP contribution in [0.4, 0.5) is 4.79 Å². The maximum absolute atomic E-state index is 12.2. The van der Waals surface area contributed by atoms with Crippen molar-refractivity contribution < 1.29 is 14.6 Å². The van der Waals surface area contributed by atoms with E-state index in [1.807, 2.05) is 41.8 Å². The number of fused-ring (bicyclic) bond motifs is 1. The highest BCUT2D eigenvalue weighted by molar-refractivity contribution is 5.67. The third kappa shape index (κ3) is 2.82. The van der Waals surface area contributed by atoms with Gasteiger partial charge in [0.25, 0.3) is 0 Å². The number of imidazole rings is 1. The zero-order valence-corrected chi connectivity index (χ0v) is 12.5. The van der Waals surface area contributed by atoms with E-state index in [0.717, 1.165) is 22.8 Å². The van der Waals surface area contributed by atoms with E-state index in [2.05, 4.69) is 4.98 Å². The van der Waals surface area contributed by atoms with Crippen LogP contribution in [0.2, 0.25) is 0 Å². The normalized spacial score (nSPS) is 13.8. The third-order valence-electron chi connectivity index (χ3n) is 3.89. The van der Waals surface area contributed by atoms with Crippen molar-refractivity contribution in [1.82, 2.24) is 14.5 Å². The van der Waals surface area contributed by atoms with Crippen LogP contribution in [-0.4, -0.2) is 32.2 Å². The number of aromatic nitrogens is 2. The highest BCUT2D eigenvalue weighted by atomic mass is 16.6. The molecule has 0 saturated carbocycles. The lowest BCUT2D eigenvalue weighted by atomic mass is 10.2. The number of aliphatic hydroxyl groups excluding tert-OH is 1. The molecule has 0 saturated heterocycles. The Kier molecular flexibility index (Phi) is 4.11. The van der Waals surface area contributed by atoms with Gasteiger partial charge in [-0.3, -0.25) is 4.90 Å². The molecule has 6 nitrogen and oxygen atoms in total. The molecule has 1 aromatic heterocycles. The van der Waals surface area contributed by atoms with Gasteiger partial charge in [-0.15, -0.1) is 0 Å². The topological polar surface area (TPSA) is 67.6 Å². The molecule has 0 fully saturated rings. The van der Waals surface area contributed by atoms with E-state index >= 15 is 0 Å². The first-order valence-electron chi connectivity index (χ1n) is 7.30. The molecule has 22 heavy (non-hydrogen) atoms. The molecule has 1 aliphatic rings. The Hall–Kier alpha value is -2.34. The van der Waals surface area contributed by atoms with E-state index in [4.69, 9.17) is 4.74 Å². The van der Waals surface area contributed by atoms with Crippen LogP contribution in [0.15, 0.2) is 30.3 Å². The number of ether oxygens (including phenoxy) is 1. The summed E-state index contributed by atoms with van der Waals surface area (Å²) >= 11 is 0. The summed E-state index contributed by atoms with van der Waals surface area (Å²) in [5, 5.41) is 9.38. The highest BCUT2D eigenvalue weighted by Gasteiger charge is 2.25. The minimum absolute atomic E-state index is 0.0305. The maximum Gasteiger partial charge on any atom is 0.410 e. The number of nitrogens with zero attached hydrogens (tertiary/aromatic N) is 3. The molecule has 2 aromatic rings. The van der Waals surface area contributed by atoms with E-state index in [-0.39, 0.29) is 19.3 Å². The lowest BCUT2D eigenvalue weighted by Gasteiger charge is -2.27. The number of carbonyl (C=O) groups excluding carboxylic acids is 1. The minimum atomic E-state index is -0.332. The van der Waals surface area contributed by atoms with Crippen molar-refractivity contribution in [2.24, 2.45) is 0 Å². The standard InChI is InChI=1S/C16H19N3O3/c1-12-14(10-20)19-8-7-18(9-15(19)17-12)16(21)22-11-13-5-3-2-4-6-13/h2-6,20H,7-11H2,1H3. The fourth-order valence-electron chi connectivity index (χ4n) is 2.69. The Morgan fingerprint density at radius 1 is 1.32 bits per heavy atom. The van der Waals surface area contributed by atoms with Gasteiger partial charge in [-0.1, -0.05) is 30.3 Å². The van der Waals surface area contributed by atoms with Crippen LogP contribution in [0.3, 0.4) is 0 Å². The van der Waals surface area contributed by atoms with E-state index in [1.54, 1.807) is 4.90 Å². The number of hydrogen-bond acceptors (Lipinski definition) is 4. The molecule has 0 bridgehead atoms. The molecule has 1 aliphatic heterocycles. The van der Waals surface area contributed by atoms with Crippen LogP contribution in [-0.2, 0) is 31.0 Å². The van der Waals surface area contributed by atoms with E-state index in [1.165, 1.54) is 0 Å². The van der Waals surface area contributed by atoms with Crippen LogP contribution in [0, 0.1) is 6.92 Å². The fraction of sp³-hybridized carbons (Fsp3) is 0.375. The number of hydrogen-bond donors (Lipinski definition) is 1. The molecule has 1 amide bonds. The molecule has 1 N–H and O–H groups in total. The van der Waals surface area contributed by atoms with Crippen LogP contribution in [0.1, 0.15) is 22.8 Å². The molecule has 0 aliphatic carbocycles. The highest BCUT2D eigenvalue weighted by Crippen LogP contribution is 2.18. The van der Waals surface area contributed by atoms with Gasteiger partial charge in [-0.2, -0.15) is 0 Å². The second-order valence-corrected chi connectivity index (χ2v) is 5.33. The van der Waals surface area contributed by atoms with Crippen LogP contribution in [0.25, 0.3) is 0 Å². The van der Waals surface area contributed by atoms with Gasteiger partial charge < -0.3 is 14.4 Å². The Labute approximate surface area is 129 Å². The lowest BCUT2D eigenvalue weighted by Crippen LogP contribution is -2.39. The van der Waals surface area contributed by atoms with E-state index in [9.17, 15) is 9.90 Å². The van der Waals surface area contributed by atoms with E-state index in [0.29, 0.717) is 19.6 Å². The largest absolute Gasteiger partial charge is 0.445 e. The molecule has 3 rings (SSSR count). The van der Waals surface area contributed by atoms with Crippen molar-refractivity contribution in [3.05, 3.63) is 53.1 Å². The number of aliphatic hydroxyl groups is 1. The summed E-state index contributed by atoms with van der Waals surface area (Å²) < 4.78 is 7.33. The van der Waals surface area contributed by atoms with Crippen molar-refractivity contribution in [1.29, 1.82) is 0 Å². The van der Waals surface area contributed by atoms with Gasteiger partial charge in [0.1, 0.15) is 12.4 Å². The molecule has 1 aromatic carbocycles. The Bertz CT molecular complexity index is 667. The second-order valence-electron chi connectivity index (χ2n) is 5.33. The zero-order chi connectivity index (χ0) is 15.5. The third-order valence-corrected chi connectivity index (χ3v) is 3.89. The predicted octanol–water partition coefficient (Wildman–Crippen LogP) is 1.84. The Balaban J connectivity index is 1.63. The summed E-state index contributed by atoms with van der Waals surface area (Å²) in [5.41, 5.74) is 2.61. The van der Waals surface area contributed by atoms with Crippen molar-refractivity contribution in [3.63, 3.8) is 0 Å². The molecular formula is C16H19N3O3. The molecule has 0 atom stereocenters. The Morgan fingerprint density at radius 2 is 2.09 bits per heavy atom. The smallest absolute Gasteiger partial charge is 0.410 e. The quantitative estimate of drug-likeness (QED) is 0.939. The van der Waals surface area contributed by atoms with Gasteiger partial charge >= 0.3 is 6.09 Å². The number of carbonyl (C=O) groups is 1. The van der Waals surface area contributed by atoms with Gasteiger partial charge in [0, 0.05) is 13.1 Å². The molecule has 116 valence electrons. The summed E-state index contributed by atoms with van der Waals surface area (Å²) in [6.45, 7) is 3.71. The fourth-order valence-corrected chi connectivity index (χ4v) is 2.69. The minimum Gasteiger partial charge on any atom is -0.445 e. The summed E-state index contributed by atoms with van der Waals surface area (Å²) in [6, 6.07) is 9.61. The van der Waals surface area contributed by atoms with Crippen LogP contribution in [0.5, 0.6) is 0 Å². The number of aryl methyl sites for hydroxylation is 1. The number of benzene rings is 1. The summed E-state index contributed by atoms with van der Waals surface area (Å²) in [4.78, 5) is 18.2. The predicted molar refractivity (Wildman–Crippen MR) is 79.9 cm³/mol. The lowest BCUT2D eigenvalue weighted by molar-refractivity contribution is 0.0856. The maximum atomic E-state index is 12.2. The average molecular weight is 301 g/mol. The van der Waals surface area contributed by atoms with Crippen LogP contribution < -0.4 is 0 Å². The summed E-state index contributed by atoms with van der Waals surface area (Å²) in [6.07, 6.45) is -0.332. The molecular weight excluding hydrogens is 282 g/mol. The van der Waals surface area contributed by atoms with Crippen molar-refractivity contribution >= 4 is 6.09 Å². The van der Waals surface area contributed by atoms with Crippen molar-refractivity contribution in [3.8, 4) is 0 Å². The number of rotatable bonds is 3.